The first-order valence-corrected chi connectivity index (χ1v) is 4.31. The fraction of sp³-hybridized carbons (Fsp3) is 0. The predicted molar refractivity (Wildman–Crippen MR) is 58.8 cm³/mol. The molecule has 104 valence electrons. The quantitative estimate of drug-likeness (QED) is 0.419. The van der Waals surface area contributed by atoms with Gasteiger partial charge in [0.05, 0.1) is 12.4 Å². The molecule has 0 amide bonds. The van der Waals surface area contributed by atoms with Crippen LogP contribution in [0.4, 0.5) is 0 Å². The van der Waals surface area contributed by atoms with E-state index in [-0.39, 0.29) is 21.1 Å². The molecular weight excluding hydrogens is 360 g/mol. The first kappa shape index (κ1) is 27.2. The summed E-state index contributed by atoms with van der Waals surface area (Å²) in [6.45, 7) is 18.0. The molecule has 0 aliphatic rings. The average Bonchev–Trinajstić information content (AvgIpc) is 2.63. The summed E-state index contributed by atoms with van der Waals surface area (Å²) < 4.78 is 30.0. The van der Waals surface area contributed by atoms with Gasteiger partial charge >= 0.3 is 45.2 Å². The molecule has 0 saturated heterocycles. The standard InChI is InChI=1S/C8H6N4.4CO.Mo/c1-3-11-7(5-9-1)8-6-10-2-4-12-8;4*1-2;/h1-6H;;;;;. The first-order chi connectivity index (χ1) is 9.97. The van der Waals surface area contributed by atoms with Crippen LogP contribution >= 0.6 is 0 Å². The maximum atomic E-state index is 7.50. The van der Waals surface area contributed by atoms with Crippen molar-refractivity contribution in [3.63, 3.8) is 0 Å². The van der Waals surface area contributed by atoms with Crippen molar-refractivity contribution >= 4 is 0 Å². The Balaban J connectivity index is -0.000000141. The van der Waals surface area contributed by atoms with Crippen molar-refractivity contribution in [2.45, 2.75) is 0 Å². The predicted octanol–water partition coefficient (Wildman–Crippen LogP) is 0.781. The number of nitrogens with zero attached hydrogens (tertiary/aromatic N) is 4. The van der Waals surface area contributed by atoms with Crippen LogP contribution in [0.2, 0.25) is 0 Å². The zero-order valence-electron chi connectivity index (χ0n) is 10.3. The van der Waals surface area contributed by atoms with E-state index in [2.05, 4.69) is 46.5 Å². The van der Waals surface area contributed by atoms with Crippen LogP contribution in [-0.4, -0.2) is 19.9 Å². The normalized spacial score (nSPS) is 5.90. The van der Waals surface area contributed by atoms with Gasteiger partial charge in [0.15, 0.2) is 0 Å². The zero-order chi connectivity index (χ0) is 16.2. The van der Waals surface area contributed by atoms with Crippen LogP contribution in [0, 0.1) is 26.6 Å². The molecule has 2 aromatic rings. The molecule has 2 heterocycles. The van der Waals surface area contributed by atoms with Crippen molar-refractivity contribution in [1.82, 2.24) is 19.9 Å². The second kappa shape index (κ2) is 26.4. The third-order valence-electron chi connectivity index (χ3n) is 1.39. The van der Waals surface area contributed by atoms with Crippen LogP contribution in [-0.2, 0) is 39.7 Å². The van der Waals surface area contributed by atoms with E-state index < -0.39 is 0 Å². The van der Waals surface area contributed by atoms with Gasteiger partial charge < -0.3 is 0 Å². The van der Waals surface area contributed by atoms with Gasteiger partial charge in [0, 0.05) is 45.9 Å². The Kier molecular flexibility index (Phi) is 34.2. The molecule has 0 atom stereocenters. The molecular formula is C12H6MoN4O4. The van der Waals surface area contributed by atoms with Gasteiger partial charge in [0.2, 0.25) is 0 Å². The van der Waals surface area contributed by atoms with Crippen molar-refractivity contribution in [1.29, 1.82) is 0 Å². The van der Waals surface area contributed by atoms with Gasteiger partial charge in [-0.25, -0.2) is 0 Å². The SMILES string of the molecule is [C-]#[O+].[C-]#[O+].[C-]#[O+].[C-]#[O+].[Mo].c1cnc(-c2cnccn2)cn1. The van der Waals surface area contributed by atoms with Gasteiger partial charge in [-0.15, -0.1) is 0 Å². The van der Waals surface area contributed by atoms with Crippen LogP contribution in [0.1, 0.15) is 0 Å². The second-order valence-corrected chi connectivity index (χ2v) is 2.18. The van der Waals surface area contributed by atoms with E-state index in [1.165, 1.54) is 0 Å². The Morgan fingerprint density at radius 1 is 0.571 bits per heavy atom. The monoisotopic (exact) mass is 368 g/mol. The van der Waals surface area contributed by atoms with Crippen molar-refractivity contribution < 1.29 is 39.7 Å². The summed E-state index contributed by atoms with van der Waals surface area (Å²) >= 11 is 0. The minimum atomic E-state index is 0. The van der Waals surface area contributed by atoms with Crippen LogP contribution in [0.25, 0.3) is 11.4 Å². The summed E-state index contributed by atoms with van der Waals surface area (Å²) in [6.07, 6.45) is 9.82. The van der Waals surface area contributed by atoms with E-state index in [1.54, 1.807) is 37.2 Å². The van der Waals surface area contributed by atoms with E-state index in [1.807, 2.05) is 0 Å². The van der Waals surface area contributed by atoms with E-state index in [0.29, 0.717) is 0 Å². The largest absolute Gasteiger partial charge is 0.261 e. The summed E-state index contributed by atoms with van der Waals surface area (Å²) in [5.74, 6) is 0. The first-order valence-electron chi connectivity index (χ1n) is 4.31. The fourth-order valence-corrected chi connectivity index (χ4v) is 0.863. The maximum absolute atomic E-state index is 7.50. The van der Waals surface area contributed by atoms with Gasteiger partial charge in [-0.05, 0) is 0 Å². The molecule has 0 aromatic carbocycles. The van der Waals surface area contributed by atoms with Crippen LogP contribution in [0.15, 0.2) is 37.2 Å². The van der Waals surface area contributed by atoms with Gasteiger partial charge in [-0.3, -0.25) is 19.9 Å². The summed E-state index contributed by atoms with van der Waals surface area (Å²) in [6, 6.07) is 0. The summed E-state index contributed by atoms with van der Waals surface area (Å²) in [5.41, 5.74) is 1.48. The molecule has 0 fully saturated rings. The smallest absolute Gasteiger partial charge is 0.108 e. The zero-order valence-corrected chi connectivity index (χ0v) is 12.3. The number of rotatable bonds is 1. The molecule has 0 aliphatic carbocycles. The van der Waals surface area contributed by atoms with Crippen LogP contribution in [0.3, 0.4) is 0 Å². The minimum absolute atomic E-state index is 0. The number of hydrogen-bond acceptors (Lipinski definition) is 4. The Morgan fingerprint density at radius 2 is 0.857 bits per heavy atom. The van der Waals surface area contributed by atoms with E-state index >= 15 is 0 Å². The third-order valence-corrected chi connectivity index (χ3v) is 1.39. The number of aromatic nitrogens is 4. The van der Waals surface area contributed by atoms with Gasteiger partial charge in [0.1, 0.15) is 11.4 Å². The molecule has 0 saturated carbocycles. The third kappa shape index (κ3) is 14.0. The average molecular weight is 366 g/mol. The molecule has 8 nitrogen and oxygen atoms in total. The molecule has 0 radical (unpaired) electrons. The van der Waals surface area contributed by atoms with E-state index in [0.717, 1.165) is 11.4 Å². The Morgan fingerprint density at radius 3 is 1.05 bits per heavy atom. The van der Waals surface area contributed by atoms with E-state index in [9.17, 15) is 0 Å². The Bertz CT molecular complexity index is 453. The van der Waals surface area contributed by atoms with Gasteiger partial charge in [-0.2, -0.15) is 0 Å². The molecule has 9 heteroatoms. The molecule has 21 heavy (non-hydrogen) atoms. The second-order valence-electron chi connectivity index (χ2n) is 2.18. The number of hydrogen-bond donors (Lipinski definition) is 0. The molecule has 0 N–H and O–H groups in total. The maximum Gasteiger partial charge on any atom is 0.108 e. The van der Waals surface area contributed by atoms with Crippen molar-refractivity contribution in [2.75, 3.05) is 0 Å². The van der Waals surface area contributed by atoms with Crippen molar-refractivity contribution in [3.05, 3.63) is 63.8 Å². The Labute approximate surface area is 135 Å². The summed E-state index contributed by atoms with van der Waals surface area (Å²) in [5, 5.41) is 0. The van der Waals surface area contributed by atoms with Crippen LogP contribution < -0.4 is 0 Å². The summed E-state index contributed by atoms with van der Waals surface area (Å²) in [7, 11) is 0. The van der Waals surface area contributed by atoms with Crippen LogP contribution in [0.5, 0.6) is 0 Å². The van der Waals surface area contributed by atoms with Crippen molar-refractivity contribution in [3.8, 4) is 11.4 Å². The molecule has 0 unspecified atom stereocenters. The van der Waals surface area contributed by atoms with Crippen molar-refractivity contribution in [2.24, 2.45) is 0 Å². The van der Waals surface area contributed by atoms with Gasteiger partial charge in [-0.1, -0.05) is 0 Å². The summed E-state index contributed by atoms with van der Waals surface area (Å²) in [4.78, 5) is 16.0. The van der Waals surface area contributed by atoms with Gasteiger partial charge in [0.25, 0.3) is 0 Å². The fourth-order valence-electron chi connectivity index (χ4n) is 0.863. The molecule has 2 aromatic heterocycles. The molecule has 0 aliphatic heterocycles. The molecule has 2 rings (SSSR count). The molecule has 0 bridgehead atoms. The minimum Gasteiger partial charge on any atom is -0.261 e. The Hall–Kier alpha value is -2.19. The topological polar surface area (TPSA) is 131 Å². The molecule has 0 spiro atoms. The van der Waals surface area contributed by atoms with E-state index in [4.69, 9.17) is 18.6 Å².